The Labute approximate surface area is 121 Å². The van der Waals surface area contributed by atoms with E-state index in [-0.39, 0.29) is 11.8 Å². The van der Waals surface area contributed by atoms with Crippen molar-refractivity contribution in [3.63, 3.8) is 0 Å². The molecule has 1 aromatic carbocycles. The summed E-state index contributed by atoms with van der Waals surface area (Å²) in [6, 6.07) is 8.13. The van der Waals surface area contributed by atoms with Crippen molar-refractivity contribution in [1.82, 2.24) is 10.2 Å². The number of nitrogens with one attached hydrogen (secondary N) is 1. The molecule has 0 radical (unpaired) electrons. The zero-order valence-corrected chi connectivity index (χ0v) is 12.4. The highest BCUT2D eigenvalue weighted by Gasteiger charge is 2.23. The Balaban J connectivity index is 1.66. The van der Waals surface area contributed by atoms with E-state index in [1.807, 2.05) is 12.1 Å². The van der Waals surface area contributed by atoms with Gasteiger partial charge in [-0.25, -0.2) is 0 Å². The summed E-state index contributed by atoms with van der Waals surface area (Å²) in [5.41, 5.74) is 1.24. The van der Waals surface area contributed by atoms with Crippen molar-refractivity contribution < 1.29 is 9.53 Å². The lowest BCUT2D eigenvalue weighted by Gasteiger charge is -2.30. The summed E-state index contributed by atoms with van der Waals surface area (Å²) in [6.45, 7) is 5.66. The monoisotopic (exact) mass is 276 g/mol. The van der Waals surface area contributed by atoms with Gasteiger partial charge in [0, 0.05) is 19.5 Å². The summed E-state index contributed by atoms with van der Waals surface area (Å²) in [5, 5.41) is 2.74. The molecule has 0 unspecified atom stereocenters. The minimum atomic E-state index is 0.181. The first kappa shape index (κ1) is 14.9. The van der Waals surface area contributed by atoms with Gasteiger partial charge in [0.1, 0.15) is 12.4 Å². The molecule has 1 aromatic rings. The molecule has 1 amide bonds. The Morgan fingerprint density at radius 3 is 2.55 bits per heavy atom. The summed E-state index contributed by atoms with van der Waals surface area (Å²) >= 11 is 0. The Hall–Kier alpha value is -1.55. The summed E-state index contributed by atoms with van der Waals surface area (Å²) in [7, 11) is 1.71. The van der Waals surface area contributed by atoms with Gasteiger partial charge in [-0.1, -0.05) is 17.7 Å². The second-order valence-electron chi connectivity index (χ2n) is 5.39. The Bertz CT molecular complexity index is 423. The predicted molar refractivity (Wildman–Crippen MR) is 79.9 cm³/mol. The molecule has 20 heavy (non-hydrogen) atoms. The molecule has 0 saturated carbocycles. The van der Waals surface area contributed by atoms with E-state index in [9.17, 15) is 4.79 Å². The van der Waals surface area contributed by atoms with E-state index in [4.69, 9.17) is 4.74 Å². The predicted octanol–water partition coefficient (Wildman–Crippen LogP) is 1.83. The number of carbonyl (C=O) groups excluding carboxylic acids is 1. The van der Waals surface area contributed by atoms with E-state index in [0.29, 0.717) is 6.61 Å². The van der Waals surface area contributed by atoms with Gasteiger partial charge in [0.2, 0.25) is 5.91 Å². The van der Waals surface area contributed by atoms with Crippen LogP contribution in [0, 0.1) is 12.8 Å². The van der Waals surface area contributed by atoms with Gasteiger partial charge in [-0.2, -0.15) is 0 Å². The number of hydrogen-bond acceptors (Lipinski definition) is 3. The average Bonchev–Trinajstić information content (AvgIpc) is 2.49. The van der Waals surface area contributed by atoms with Crippen LogP contribution in [-0.2, 0) is 4.79 Å². The molecule has 0 atom stereocenters. The molecule has 2 rings (SSSR count). The third-order valence-corrected chi connectivity index (χ3v) is 3.90. The van der Waals surface area contributed by atoms with E-state index < -0.39 is 0 Å². The minimum Gasteiger partial charge on any atom is -0.492 e. The number of aryl methyl sites for hydroxylation is 1. The largest absolute Gasteiger partial charge is 0.492 e. The van der Waals surface area contributed by atoms with Crippen molar-refractivity contribution in [1.29, 1.82) is 0 Å². The van der Waals surface area contributed by atoms with E-state index in [1.165, 1.54) is 5.56 Å². The van der Waals surface area contributed by atoms with Crippen LogP contribution < -0.4 is 10.1 Å². The van der Waals surface area contributed by atoms with Crippen LogP contribution in [0.4, 0.5) is 0 Å². The standard InChI is InChI=1S/C16H24N2O2/c1-13-3-5-15(6-4-13)20-12-11-18-9-7-14(8-10-18)16(19)17-2/h3-6,14H,7-12H2,1-2H3,(H,17,19). The molecule has 0 aliphatic carbocycles. The van der Waals surface area contributed by atoms with Crippen LogP contribution in [0.25, 0.3) is 0 Å². The first-order chi connectivity index (χ1) is 9.69. The van der Waals surface area contributed by atoms with Crippen LogP contribution in [0.2, 0.25) is 0 Å². The fraction of sp³-hybridized carbons (Fsp3) is 0.562. The maximum atomic E-state index is 11.5. The number of nitrogens with zero attached hydrogens (tertiary/aromatic N) is 1. The summed E-state index contributed by atoms with van der Waals surface area (Å²) in [4.78, 5) is 13.9. The molecule has 4 heteroatoms. The number of amides is 1. The first-order valence-electron chi connectivity index (χ1n) is 7.32. The van der Waals surface area contributed by atoms with Gasteiger partial charge in [0.15, 0.2) is 0 Å². The van der Waals surface area contributed by atoms with E-state index in [2.05, 4.69) is 29.3 Å². The highest BCUT2D eigenvalue weighted by Crippen LogP contribution is 2.17. The van der Waals surface area contributed by atoms with E-state index >= 15 is 0 Å². The lowest BCUT2D eigenvalue weighted by Crippen LogP contribution is -2.41. The minimum absolute atomic E-state index is 0.181. The number of rotatable bonds is 5. The molecule has 1 N–H and O–H groups in total. The zero-order valence-electron chi connectivity index (χ0n) is 12.4. The van der Waals surface area contributed by atoms with Crippen molar-refractivity contribution in [2.75, 3.05) is 33.3 Å². The number of benzene rings is 1. The highest BCUT2D eigenvalue weighted by atomic mass is 16.5. The van der Waals surface area contributed by atoms with Crippen LogP contribution in [0.1, 0.15) is 18.4 Å². The van der Waals surface area contributed by atoms with Crippen LogP contribution in [0.3, 0.4) is 0 Å². The quantitative estimate of drug-likeness (QED) is 0.892. The van der Waals surface area contributed by atoms with Crippen molar-refractivity contribution in [2.24, 2.45) is 5.92 Å². The maximum absolute atomic E-state index is 11.5. The zero-order chi connectivity index (χ0) is 14.4. The number of carbonyl (C=O) groups is 1. The van der Waals surface area contributed by atoms with Crippen LogP contribution in [-0.4, -0.2) is 44.1 Å². The maximum Gasteiger partial charge on any atom is 0.222 e. The second-order valence-corrected chi connectivity index (χ2v) is 5.39. The summed E-state index contributed by atoms with van der Waals surface area (Å²) in [5.74, 6) is 1.30. The van der Waals surface area contributed by atoms with E-state index in [0.717, 1.165) is 38.2 Å². The molecule has 1 fully saturated rings. The van der Waals surface area contributed by atoms with Crippen molar-refractivity contribution in [2.45, 2.75) is 19.8 Å². The molecule has 4 nitrogen and oxygen atoms in total. The average molecular weight is 276 g/mol. The van der Waals surface area contributed by atoms with Crippen molar-refractivity contribution in [3.05, 3.63) is 29.8 Å². The first-order valence-corrected chi connectivity index (χ1v) is 7.32. The Kier molecular flexibility index (Phi) is 5.41. The molecular formula is C16H24N2O2. The molecule has 1 heterocycles. The third-order valence-electron chi connectivity index (χ3n) is 3.90. The van der Waals surface area contributed by atoms with Gasteiger partial charge in [-0.15, -0.1) is 0 Å². The number of likely N-dealkylation sites (tertiary alicyclic amines) is 1. The molecular weight excluding hydrogens is 252 g/mol. The SMILES string of the molecule is CNC(=O)C1CCN(CCOc2ccc(C)cc2)CC1. The summed E-state index contributed by atoms with van der Waals surface area (Å²) < 4.78 is 5.74. The topological polar surface area (TPSA) is 41.6 Å². The molecule has 0 bridgehead atoms. The Morgan fingerprint density at radius 2 is 1.95 bits per heavy atom. The molecule has 1 saturated heterocycles. The van der Waals surface area contributed by atoms with Gasteiger partial charge in [-0.3, -0.25) is 9.69 Å². The number of hydrogen-bond donors (Lipinski definition) is 1. The van der Waals surface area contributed by atoms with Gasteiger partial charge in [0.05, 0.1) is 0 Å². The molecule has 0 aromatic heterocycles. The third kappa shape index (κ3) is 4.23. The van der Waals surface area contributed by atoms with Gasteiger partial charge < -0.3 is 10.1 Å². The van der Waals surface area contributed by atoms with Gasteiger partial charge in [-0.05, 0) is 45.0 Å². The smallest absolute Gasteiger partial charge is 0.222 e. The van der Waals surface area contributed by atoms with Gasteiger partial charge in [0.25, 0.3) is 0 Å². The van der Waals surface area contributed by atoms with Crippen LogP contribution >= 0.6 is 0 Å². The molecule has 1 aliphatic heterocycles. The number of ether oxygens (including phenoxy) is 1. The number of piperidine rings is 1. The van der Waals surface area contributed by atoms with Gasteiger partial charge >= 0.3 is 0 Å². The Morgan fingerprint density at radius 1 is 1.30 bits per heavy atom. The normalized spacial score (nSPS) is 16.9. The highest BCUT2D eigenvalue weighted by molar-refractivity contribution is 5.78. The fourth-order valence-corrected chi connectivity index (χ4v) is 2.55. The summed E-state index contributed by atoms with van der Waals surface area (Å²) in [6.07, 6.45) is 1.90. The lowest BCUT2D eigenvalue weighted by atomic mass is 9.96. The van der Waals surface area contributed by atoms with Crippen molar-refractivity contribution in [3.8, 4) is 5.75 Å². The second kappa shape index (κ2) is 7.29. The van der Waals surface area contributed by atoms with Crippen LogP contribution in [0.5, 0.6) is 5.75 Å². The van der Waals surface area contributed by atoms with Crippen molar-refractivity contribution >= 4 is 5.91 Å². The molecule has 1 aliphatic rings. The molecule has 0 spiro atoms. The molecule has 110 valence electrons. The lowest BCUT2D eigenvalue weighted by molar-refractivity contribution is -0.125. The fourth-order valence-electron chi connectivity index (χ4n) is 2.55. The van der Waals surface area contributed by atoms with E-state index in [1.54, 1.807) is 7.05 Å². The van der Waals surface area contributed by atoms with Crippen LogP contribution in [0.15, 0.2) is 24.3 Å².